The lowest BCUT2D eigenvalue weighted by molar-refractivity contribution is -0.125. The maximum atomic E-state index is 11.9. The highest BCUT2D eigenvalue weighted by Gasteiger charge is 2.32. The number of thiophene rings is 1. The monoisotopic (exact) mass is 287 g/mol. The zero-order valence-corrected chi connectivity index (χ0v) is 10.6. The molecule has 0 radical (unpaired) electrons. The van der Waals surface area contributed by atoms with Crippen molar-refractivity contribution in [2.75, 3.05) is 6.54 Å². The molecule has 0 aromatic carbocycles. The molecule has 0 aliphatic carbocycles. The number of hydrogen-bond donors (Lipinski definition) is 0. The molecule has 1 aromatic rings. The van der Waals surface area contributed by atoms with Crippen LogP contribution in [0.4, 0.5) is 0 Å². The molecule has 1 unspecified atom stereocenters. The molecule has 80 valence electrons. The first-order valence-corrected chi connectivity index (χ1v) is 6.34. The third-order valence-corrected chi connectivity index (χ3v) is 3.88. The van der Waals surface area contributed by atoms with Crippen LogP contribution in [0.2, 0.25) is 0 Å². The van der Waals surface area contributed by atoms with Crippen molar-refractivity contribution < 1.29 is 9.59 Å². The van der Waals surface area contributed by atoms with Gasteiger partial charge in [-0.3, -0.25) is 14.5 Å². The number of carbonyl (C=O) groups is 2. The molecular weight excluding hydrogens is 278 g/mol. The summed E-state index contributed by atoms with van der Waals surface area (Å²) in [5, 5.41) is 1.77. The van der Waals surface area contributed by atoms with E-state index in [2.05, 4.69) is 15.9 Å². The Morgan fingerprint density at radius 3 is 2.87 bits per heavy atom. The molecule has 2 heterocycles. The van der Waals surface area contributed by atoms with Crippen LogP contribution in [-0.4, -0.2) is 23.3 Å². The molecule has 1 saturated heterocycles. The van der Waals surface area contributed by atoms with Gasteiger partial charge in [0.2, 0.25) is 5.91 Å². The summed E-state index contributed by atoms with van der Waals surface area (Å²) in [5.41, 5.74) is 0.592. The molecule has 0 saturated carbocycles. The zero-order valence-electron chi connectivity index (χ0n) is 8.20. The third-order valence-electron chi connectivity index (χ3n) is 2.38. The smallest absolute Gasteiger partial charge is 0.261 e. The lowest BCUT2D eigenvalue weighted by Crippen LogP contribution is -2.31. The van der Waals surface area contributed by atoms with Crippen LogP contribution in [0.5, 0.6) is 0 Å². The summed E-state index contributed by atoms with van der Waals surface area (Å²) in [6.07, 6.45) is 0.483. The molecule has 1 aliphatic heterocycles. The Labute approximate surface area is 100 Å². The Balaban J connectivity index is 2.18. The number of imide groups is 1. The van der Waals surface area contributed by atoms with Gasteiger partial charge in [-0.2, -0.15) is 0 Å². The number of carbonyl (C=O) groups excluding carboxylic acids is 2. The highest BCUT2D eigenvalue weighted by atomic mass is 79.9. The van der Waals surface area contributed by atoms with E-state index in [1.165, 1.54) is 16.2 Å². The molecule has 3 nitrogen and oxygen atoms in total. The lowest BCUT2D eigenvalue weighted by atomic mass is 10.2. The van der Waals surface area contributed by atoms with Gasteiger partial charge in [0.25, 0.3) is 5.91 Å². The number of likely N-dealkylation sites (tertiary alicyclic amines) is 1. The topological polar surface area (TPSA) is 37.4 Å². The predicted octanol–water partition coefficient (Wildman–Crippen LogP) is 2.52. The van der Waals surface area contributed by atoms with Crippen molar-refractivity contribution >= 4 is 39.1 Å². The summed E-state index contributed by atoms with van der Waals surface area (Å²) in [6.45, 7) is 2.53. The highest BCUT2D eigenvalue weighted by Crippen LogP contribution is 2.24. The SMILES string of the molecule is CC1CC(=O)N(C(=O)c2csc(Br)c2)C1. The summed E-state index contributed by atoms with van der Waals surface area (Å²) in [7, 11) is 0. The minimum absolute atomic E-state index is 0.0603. The van der Waals surface area contributed by atoms with E-state index in [0.29, 0.717) is 18.5 Å². The fourth-order valence-corrected chi connectivity index (χ4v) is 2.79. The van der Waals surface area contributed by atoms with Gasteiger partial charge in [0.1, 0.15) is 0 Å². The van der Waals surface area contributed by atoms with Crippen molar-refractivity contribution in [2.24, 2.45) is 5.92 Å². The first-order valence-electron chi connectivity index (χ1n) is 4.66. The minimum Gasteiger partial charge on any atom is -0.278 e. The standard InChI is InChI=1S/C10H10BrNO2S/c1-6-2-9(13)12(4-6)10(14)7-3-8(11)15-5-7/h3,5-6H,2,4H2,1H3. The lowest BCUT2D eigenvalue weighted by Gasteiger charge is -2.12. The molecule has 0 bridgehead atoms. The largest absolute Gasteiger partial charge is 0.278 e. The maximum absolute atomic E-state index is 11.9. The van der Waals surface area contributed by atoms with Gasteiger partial charge in [-0.25, -0.2) is 0 Å². The molecule has 0 N–H and O–H groups in total. The molecule has 1 fully saturated rings. The van der Waals surface area contributed by atoms with Crippen LogP contribution in [0, 0.1) is 5.92 Å². The Bertz CT molecular complexity index is 415. The molecule has 1 atom stereocenters. The van der Waals surface area contributed by atoms with E-state index in [1.54, 1.807) is 11.4 Å². The van der Waals surface area contributed by atoms with E-state index in [0.717, 1.165) is 3.79 Å². The van der Waals surface area contributed by atoms with Gasteiger partial charge < -0.3 is 0 Å². The fourth-order valence-electron chi connectivity index (χ4n) is 1.66. The van der Waals surface area contributed by atoms with Crippen LogP contribution in [0.15, 0.2) is 15.2 Å². The van der Waals surface area contributed by atoms with Crippen molar-refractivity contribution in [3.8, 4) is 0 Å². The van der Waals surface area contributed by atoms with Gasteiger partial charge in [-0.05, 0) is 27.9 Å². The molecule has 2 amide bonds. The molecule has 2 rings (SSSR count). The molecule has 0 spiro atoms. The summed E-state index contributed by atoms with van der Waals surface area (Å²) in [6, 6.07) is 1.75. The molecule has 1 aliphatic rings. The first-order chi connectivity index (χ1) is 7.08. The average molecular weight is 288 g/mol. The maximum Gasteiger partial charge on any atom is 0.261 e. The number of hydrogen-bond acceptors (Lipinski definition) is 3. The normalized spacial score (nSPS) is 21.1. The second kappa shape index (κ2) is 4.06. The average Bonchev–Trinajstić information content (AvgIpc) is 2.71. The van der Waals surface area contributed by atoms with Crippen molar-refractivity contribution in [1.29, 1.82) is 0 Å². The van der Waals surface area contributed by atoms with Gasteiger partial charge in [0.05, 0.1) is 9.35 Å². The molecular formula is C10H10BrNO2S. The Hall–Kier alpha value is -0.680. The second-order valence-corrected chi connectivity index (χ2v) is 6.05. The van der Waals surface area contributed by atoms with E-state index in [9.17, 15) is 9.59 Å². The van der Waals surface area contributed by atoms with Crippen LogP contribution in [0.25, 0.3) is 0 Å². The Kier molecular flexibility index (Phi) is 2.93. The van der Waals surface area contributed by atoms with Crippen molar-refractivity contribution in [3.63, 3.8) is 0 Å². The van der Waals surface area contributed by atoms with Crippen LogP contribution in [-0.2, 0) is 4.79 Å². The number of nitrogens with zero attached hydrogens (tertiary/aromatic N) is 1. The van der Waals surface area contributed by atoms with Gasteiger partial charge in [0.15, 0.2) is 0 Å². The Morgan fingerprint density at radius 2 is 2.40 bits per heavy atom. The second-order valence-electron chi connectivity index (χ2n) is 3.76. The van der Waals surface area contributed by atoms with Gasteiger partial charge in [-0.1, -0.05) is 6.92 Å². The van der Waals surface area contributed by atoms with Crippen LogP contribution in [0.3, 0.4) is 0 Å². The van der Waals surface area contributed by atoms with E-state index in [1.807, 2.05) is 6.92 Å². The molecule has 5 heteroatoms. The van der Waals surface area contributed by atoms with Crippen LogP contribution >= 0.6 is 27.3 Å². The van der Waals surface area contributed by atoms with Crippen LogP contribution in [0.1, 0.15) is 23.7 Å². The third kappa shape index (κ3) is 2.13. The van der Waals surface area contributed by atoms with Crippen molar-refractivity contribution in [1.82, 2.24) is 4.90 Å². The van der Waals surface area contributed by atoms with Gasteiger partial charge in [-0.15, -0.1) is 11.3 Å². The summed E-state index contributed by atoms with van der Waals surface area (Å²) in [5.74, 6) is 0.0460. The number of rotatable bonds is 1. The highest BCUT2D eigenvalue weighted by molar-refractivity contribution is 9.11. The summed E-state index contributed by atoms with van der Waals surface area (Å²) in [4.78, 5) is 24.8. The molecule has 1 aromatic heterocycles. The van der Waals surface area contributed by atoms with Crippen LogP contribution < -0.4 is 0 Å². The fraction of sp³-hybridized carbons (Fsp3) is 0.400. The van der Waals surface area contributed by atoms with E-state index < -0.39 is 0 Å². The van der Waals surface area contributed by atoms with Crippen molar-refractivity contribution in [3.05, 3.63) is 20.8 Å². The predicted molar refractivity (Wildman–Crippen MR) is 61.8 cm³/mol. The van der Waals surface area contributed by atoms with E-state index >= 15 is 0 Å². The van der Waals surface area contributed by atoms with E-state index in [-0.39, 0.29) is 17.7 Å². The minimum atomic E-state index is -0.175. The number of halogens is 1. The molecule has 15 heavy (non-hydrogen) atoms. The number of amides is 2. The Morgan fingerprint density at radius 1 is 1.67 bits per heavy atom. The van der Waals surface area contributed by atoms with Gasteiger partial charge >= 0.3 is 0 Å². The summed E-state index contributed by atoms with van der Waals surface area (Å²) < 4.78 is 0.908. The first kappa shape index (κ1) is 10.8. The van der Waals surface area contributed by atoms with Gasteiger partial charge in [0, 0.05) is 18.3 Å². The summed E-state index contributed by atoms with van der Waals surface area (Å²) >= 11 is 4.75. The van der Waals surface area contributed by atoms with E-state index in [4.69, 9.17) is 0 Å². The zero-order chi connectivity index (χ0) is 11.0. The van der Waals surface area contributed by atoms with Crippen molar-refractivity contribution in [2.45, 2.75) is 13.3 Å². The quantitative estimate of drug-likeness (QED) is 0.745.